The predicted octanol–water partition coefficient (Wildman–Crippen LogP) is 2.62. The fourth-order valence-electron chi connectivity index (χ4n) is 3.17. The summed E-state index contributed by atoms with van der Waals surface area (Å²) in [4.78, 5) is 58.2. The molecule has 0 radical (unpaired) electrons. The third-order valence-corrected chi connectivity index (χ3v) is 4.48. The minimum Gasteiger partial charge on any atom is -0.465 e. The first-order chi connectivity index (χ1) is 12.8. The Hall–Kier alpha value is -3.17. The summed E-state index contributed by atoms with van der Waals surface area (Å²) >= 11 is 0. The van der Waals surface area contributed by atoms with Gasteiger partial charge in [-0.05, 0) is 25.8 Å². The number of non-ortho nitro benzene ring substituents is 1. The molecule has 1 saturated carbocycles. The molecule has 10 nitrogen and oxygen atoms in total. The smallest absolute Gasteiger partial charge is 0.324 e. The lowest BCUT2D eigenvalue weighted by molar-refractivity contribution is -0.394. The van der Waals surface area contributed by atoms with Crippen LogP contribution in [0.5, 0.6) is 0 Å². The van der Waals surface area contributed by atoms with Gasteiger partial charge in [0.15, 0.2) is 17.5 Å². The normalized spacial score (nSPS) is 15.1. The lowest BCUT2D eigenvalue weighted by Gasteiger charge is -2.17. The number of ether oxygens (including phenoxy) is 1. The maximum Gasteiger partial charge on any atom is 0.324 e. The van der Waals surface area contributed by atoms with Crippen LogP contribution in [-0.4, -0.2) is 34.0 Å². The van der Waals surface area contributed by atoms with Crippen molar-refractivity contribution in [2.75, 3.05) is 6.61 Å². The highest BCUT2D eigenvalue weighted by molar-refractivity contribution is 6.24. The van der Waals surface area contributed by atoms with E-state index in [9.17, 15) is 34.6 Å². The van der Waals surface area contributed by atoms with Gasteiger partial charge in [0.2, 0.25) is 0 Å². The molecule has 0 amide bonds. The van der Waals surface area contributed by atoms with Crippen LogP contribution in [0.2, 0.25) is 0 Å². The Bertz CT molecular complexity index is 798. The number of ketones is 2. The number of Topliss-reactive ketones (excluding diaryl/α,β-unsaturated/α-hetero) is 2. The maximum atomic E-state index is 12.9. The monoisotopic (exact) mass is 378 g/mol. The number of hydrogen-bond donors (Lipinski definition) is 0. The van der Waals surface area contributed by atoms with Crippen LogP contribution in [-0.2, 0) is 14.3 Å². The number of nitro groups is 2. The van der Waals surface area contributed by atoms with Crippen LogP contribution in [0.25, 0.3) is 0 Å². The quantitative estimate of drug-likeness (QED) is 0.220. The van der Waals surface area contributed by atoms with E-state index in [-0.39, 0.29) is 6.61 Å². The minimum atomic E-state index is -1.81. The van der Waals surface area contributed by atoms with E-state index in [1.807, 2.05) is 0 Å². The largest absolute Gasteiger partial charge is 0.465 e. The van der Waals surface area contributed by atoms with Gasteiger partial charge in [-0.3, -0.25) is 34.6 Å². The van der Waals surface area contributed by atoms with E-state index in [4.69, 9.17) is 4.74 Å². The van der Waals surface area contributed by atoms with Crippen molar-refractivity contribution in [3.63, 3.8) is 0 Å². The van der Waals surface area contributed by atoms with Crippen molar-refractivity contribution in [3.8, 4) is 0 Å². The summed E-state index contributed by atoms with van der Waals surface area (Å²) in [5.41, 5.74) is -1.94. The molecule has 0 spiro atoms. The predicted molar refractivity (Wildman–Crippen MR) is 91.2 cm³/mol. The standard InChI is InChI=1S/C17H18N2O8/c1-2-27-17(22)14(15(20)10-5-3-4-6-10)16(21)12-8-7-11(18(23)24)9-13(12)19(25)26/h7-10,14H,2-6H2,1H3. The van der Waals surface area contributed by atoms with E-state index in [0.29, 0.717) is 18.9 Å². The number of benzene rings is 1. The van der Waals surface area contributed by atoms with Gasteiger partial charge >= 0.3 is 5.97 Å². The molecule has 0 saturated heterocycles. The third kappa shape index (κ3) is 4.33. The summed E-state index contributed by atoms with van der Waals surface area (Å²) in [6, 6.07) is 2.45. The van der Waals surface area contributed by atoms with Gasteiger partial charge in [0.05, 0.1) is 28.1 Å². The zero-order valence-corrected chi connectivity index (χ0v) is 14.6. The van der Waals surface area contributed by atoms with Crippen LogP contribution < -0.4 is 0 Å². The molecule has 0 aliphatic heterocycles. The molecule has 10 heteroatoms. The van der Waals surface area contributed by atoms with Crippen LogP contribution in [0.15, 0.2) is 18.2 Å². The summed E-state index contributed by atoms with van der Waals surface area (Å²) in [6.07, 6.45) is 2.64. The summed E-state index contributed by atoms with van der Waals surface area (Å²) in [6.45, 7) is 1.44. The van der Waals surface area contributed by atoms with E-state index in [2.05, 4.69) is 0 Å². The molecule has 1 aliphatic carbocycles. The summed E-state index contributed by atoms with van der Waals surface area (Å²) < 4.78 is 4.83. The molecular formula is C17H18N2O8. The molecule has 1 aromatic rings. The van der Waals surface area contributed by atoms with Gasteiger partial charge in [0.25, 0.3) is 11.4 Å². The van der Waals surface area contributed by atoms with Crippen molar-refractivity contribution < 1.29 is 29.0 Å². The fraction of sp³-hybridized carbons (Fsp3) is 0.471. The number of rotatable bonds is 8. The summed E-state index contributed by atoms with van der Waals surface area (Å²) in [5.74, 6) is -5.06. The molecule has 1 aromatic carbocycles. The molecule has 1 atom stereocenters. The number of esters is 1. The highest BCUT2D eigenvalue weighted by Gasteiger charge is 2.42. The molecule has 2 rings (SSSR count). The van der Waals surface area contributed by atoms with Crippen molar-refractivity contribution in [3.05, 3.63) is 44.0 Å². The van der Waals surface area contributed by atoms with Crippen LogP contribution in [0.4, 0.5) is 11.4 Å². The lowest BCUT2D eigenvalue weighted by Crippen LogP contribution is -2.37. The van der Waals surface area contributed by atoms with Gasteiger partial charge in [-0.25, -0.2) is 0 Å². The Balaban J connectivity index is 2.48. The molecule has 0 bridgehead atoms. The zero-order chi connectivity index (χ0) is 20.1. The zero-order valence-electron chi connectivity index (χ0n) is 14.6. The second-order valence-corrected chi connectivity index (χ2v) is 6.15. The van der Waals surface area contributed by atoms with Crippen LogP contribution in [0, 0.1) is 32.1 Å². The van der Waals surface area contributed by atoms with Gasteiger partial charge in [-0.1, -0.05) is 12.8 Å². The number of carbonyl (C=O) groups is 3. The molecule has 0 heterocycles. The Morgan fingerprint density at radius 2 is 1.78 bits per heavy atom. The molecule has 27 heavy (non-hydrogen) atoms. The van der Waals surface area contributed by atoms with Crippen molar-refractivity contribution in [1.29, 1.82) is 0 Å². The number of nitro benzene ring substituents is 2. The average molecular weight is 378 g/mol. The highest BCUT2D eigenvalue weighted by Crippen LogP contribution is 2.32. The Morgan fingerprint density at radius 3 is 2.30 bits per heavy atom. The first-order valence-electron chi connectivity index (χ1n) is 8.45. The summed E-state index contributed by atoms with van der Waals surface area (Å²) in [5, 5.41) is 22.1. The number of carbonyl (C=O) groups excluding carboxylic acids is 3. The summed E-state index contributed by atoms with van der Waals surface area (Å²) in [7, 11) is 0. The first-order valence-corrected chi connectivity index (χ1v) is 8.45. The molecular weight excluding hydrogens is 360 g/mol. The minimum absolute atomic E-state index is 0.0666. The van der Waals surface area contributed by atoms with Crippen molar-refractivity contribution in [2.45, 2.75) is 32.6 Å². The highest BCUT2D eigenvalue weighted by atomic mass is 16.6. The molecule has 144 valence electrons. The number of nitrogens with zero attached hydrogens (tertiary/aromatic N) is 2. The van der Waals surface area contributed by atoms with Crippen LogP contribution in [0.1, 0.15) is 43.0 Å². The Kier molecular flexibility index (Phi) is 6.32. The molecule has 0 aromatic heterocycles. The van der Waals surface area contributed by atoms with Gasteiger partial charge in [0, 0.05) is 12.0 Å². The van der Waals surface area contributed by atoms with E-state index in [0.717, 1.165) is 25.0 Å². The number of hydrogen-bond acceptors (Lipinski definition) is 8. The Labute approximate surface area is 153 Å². The van der Waals surface area contributed by atoms with Crippen molar-refractivity contribution in [2.24, 2.45) is 11.8 Å². The Morgan fingerprint density at radius 1 is 1.15 bits per heavy atom. The second-order valence-electron chi connectivity index (χ2n) is 6.15. The maximum absolute atomic E-state index is 12.9. The van der Waals surface area contributed by atoms with Gasteiger partial charge in [0.1, 0.15) is 0 Å². The van der Waals surface area contributed by atoms with Crippen molar-refractivity contribution in [1.82, 2.24) is 0 Å². The first kappa shape index (κ1) is 20.1. The van der Waals surface area contributed by atoms with Gasteiger partial charge < -0.3 is 4.74 Å². The van der Waals surface area contributed by atoms with Crippen LogP contribution >= 0.6 is 0 Å². The third-order valence-electron chi connectivity index (χ3n) is 4.48. The van der Waals surface area contributed by atoms with Crippen molar-refractivity contribution >= 4 is 28.9 Å². The average Bonchev–Trinajstić information content (AvgIpc) is 3.16. The molecule has 1 aliphatic rings. The van der Waals surface area contributed by atoms with Gasteiger partial charge in [-0.2, -0.15) is 0 Å². The second kappa shape index (κ2) is 8.47. The van der Waals surface area contributed by atoms with E-state index in [1.54, 1.807) is 0 Å². The lowest BCUT2D eigenvalue weighted by atomic mass is 9.85. The molecule has 1 fully saturated rings. The van der Waals surface area contributed by atoms with E-state index >= 15 is 0 Å². The topological polar surface area (TPSA) is 147 Å². The molecule has 1 unspecified atom stereocenters. The van der Waals surface area contributed by atoms with Crippen LogP contribution in [0.3, 0.4) is 0 Å². The fourth-order valence-corrected chi connectivity index (χ4v) is 3.17. The molecule has 0 N–H and O–H groups in total. The van der Waals surface area contributed by atoms with E-state index < -0.39 is 56.2 Å². The SMILES string of the molecule is CCOC(=O)C(C(=O)c1ccc([N+](=O)[O-])cc1[N+](=O)[O-])C(=O)C1CCCC1. The van der Waals surface area contributed by atoms with E-state index in [1.165, 1.54) is 6.92 Å². The van der Waals surface area contributed by atoms with Gasteiger partial charge in [-0.15, -0.1) is 0 Å².